The van der Waals surface area contributed by atoms with Gasteiger partial charge in [0.25, 0.3) is 5.91 Å². The number of halogens is 3. The van der Waals surface area contributed by atoms with Crippen LogP contribution in [-0.2, 0) is 20.8 Å². The third-order valence-corrected chi connectivity index (χ3v) is 5.80. The molecule has 0 unspecified atom stereocenters. The van der Waals surface area contributed by atoms with Crippen LogP contribution in [0.3, 0.4) is 0 Å². The SMILES string of the molecule is NC(=O)CNC(=O)c1cc(B(O)O)cc(S(=O)(=O)c2cc(B(O)O)cc(C(F)(F)F)c2)c1. The Hall–Kier alpha value is -2.91. The van der Waals surface area contributed by atoms with E-state index in [0.29, 0.717) is 18.2 Å². The van der Waals surface area contributed by atoms with Gasteiger partial charge in [0, 0.05) is 5.56 Å². The van der Waals surface area contributed by atoms with Crippen LogP contribution in [0, 0.1) is 0 Å². The number of carbonyl (C=O) groups excluding carboxylic acids is 2. The number of amides is 2. The minimum Gasteiger partial charge on any atom is -0.423 e. The molecule has 2 rings (SSSR count). The molecule has 170 valence electrons. The molecular formula is C16H15B2F3N2O8S. The molecule has 0 atom stereocenters. The number of nitrogens with one attached hydrogen (secondary N) is 1. The van der Waals surface area contributed by atoms with Crippen molar-refractivity contribution in [3.05, 3.63) is 47.5 Å². The third-order valence-electron chi connectivity index (χ3n) is 4.09. The number of benzene rings is 2. The van der Waals surface area contributed by atoms with Crippen LogP contribution in [0.25, 0.3) is 0 Å². The highest BCUT2D eigenvalue weighted by Gasteiger charge is 2.34. The Balaban J connectivity index is 2.69. The van der Waals surface area contributed by atoms with Gasteiger partial charge in [-0.15, -0.1) is 0 Å². The Bertz CT molecular complexity index is 1160. The van der Waals surface area contributed by atoms with Crippen molar-refractivity contribution in [2.45, 2.75) is 16.0 Å². The van der Waals surface area contributed by atoms with E-state index in [2.05, 4.69) is 0 Å². The summed E-state index contributed by atoms with van der Waals surface area (Å²) in [6.45, 7) is -0.627. The molecular weight excluding hydrogens is 459 g/mol. The molecule has 7 N–H and O–H groups in total. The van der Waals surface area contributed by atoms with Crippen LogP contribution in [0.4, 0.5) is 13.2 Å². The summed E-state index contributed by atoms with van der Waals surface area (Å²) in [7, 11) is -9.52. The first-order valence-corrected chi connectivity index (χ1v) is 10.0. The van der Waals surface area contributed by atoms with E-state index in [1.807, 2.05) is 5.32 Å². The second kappa shape index (κ2) is 9.30. The summed E-state index contributed by atoms with van der Waals surface area (Å²) < 4.78 is 65.5. The number of hydrogen-bond acceptors (Lipinski definition) is 8. The van der Waals surface area contributed by atoms with Crippen molar-refractivity contribution >= 4 is 46.8 Å². The van der Waals surface area contributed by atoms with Gasteiger partial charge in [-0.25, -0.2) is 8.42 Å². The molecule has 0 radical (unpaired) electrons. The summed E-state index contributed by atoms with van der Waals surface area (Å²) in [6, 6.07) is 3.50. The van der Waals surface area contributed by atoms with Gasteiger partial charge in [0.15, 0.2) is 0 Å². The average molecular weight is 474 g/mol. The molecule has 2 aromatic rings. The fourth-order valence-electron chi connectivity index (χ4n) is 2.55. The molecule has 0 heterocycles. The summed E-state index contributed by atoms with van der Waals surface area (Å²) in [5.41, 5.74) is 1.68. The van der Waals surface area contributed by atoms with Gasteiger partial charge >= 0.3 is 20.4 Å². The van der Waals surface area contributed by atoms with Gasteiger partial charge in [-0.2, -0.15) is 13.2 Å². The van der Waals surface area contributed by atoms with Crippen LogP contribution < -0.4 is 22.0 Å². The minimum atomic E-state index is -5.03. The highest BCUT2D eigenvalue weighted by Crippen LogP contribution is 2.31. The van der Waals surface area contributed by atoms with E-state index in [1.54, 1.807) is 0 Å². The van der Waals surface area contributed by atoms with Crippen LogP contribution in [0.2, 0.25) is 0 Å². The van der Waals surface area contributed by atoms with Crippen LogP contribution in [0.1, 0.15) is 15.9 Å². The summed E-state index contributed by atoms with van der Waals surface area (Å²) >= 11 is 0. The van der Waals surface area contributed by atoms with E-state index in [0.717, 1.165) is 12.1 Å². The standard InChI is InChI=1S/C16H15B2F3N2O8S/c19-16(20,21)9-3-11(18(28)29)6-13(4-9)32(30,31)12-2-8(1-10(5-12)17(26)27)15(25)23-7-14(22)24/h1-6,26-29H,7H2,(H2,22,24)(H,23,25). The Labute approximate surface area is 179 Å². The summed E-state index contributed by atoms with van der Waals surface area (Å²) in [6.07, 6.45) is -5.03. The number of alkyl halides is 3. The van der Waals surface area contributed by atoms with Gasteiger partial charge in [0.1, 0.15) is 0 Å². The van der Waals surface area contributed by atoms with Crippen molar-refractivity contribution in [2.24, 2.45) is 5.73 Å². The highest BCUT2D eigenvalue weighted by molar-refractivity contribution is 7.91. The van der Waals surface area contributed by atoms with E-state index in [1.165, 1.54) is 0 Å². The van der Waals surface area contributed by atoms with Gasteiger partial charge < -0.3 is 31.1 Å². The largest absolute Gasteiger partial charge is 0.488 e. The predicted molar refractivity (Wildman–Crippen MR) is 105 cm³/mol. The lowest BCUT2D eigenvalue weighted by Gasteiger charge is -2.14. The zero-order chi connectivity index (χ0) is 24.4. The second-order valence-electron chi connectivity index (χ2n) is 6.48. The Kier molecular flexibility index (Phi) is 7.36. The molecule has 2 aromatic carbocycles. The first kappa shape index (κ1) is 25.4. The number of carbonyl (C=O) groups is 2. The molecule has 0 aliphatic heterocycles. The molecule has 2 amide bonds. The Morgan fingerprint density at radius 1 is 0.906 bits per heavy atom. The lowest BCUT2D eigenvalue weighted by Crippen LogP contribution is -2.36. The first-order valence-electron chi connectivity index (χ1n) is 8.54. The molecule has 0 saturated heterocycles. The third kappa shape index (κ3) is 5.86. The van der Waals surface area contributed by atoms with E-state index in [-0.39, 0.29) is 6.07 Å². The number of sulfone groups is 1. The molecule has 32 heavy (non-hydrogen) atoms. The summed E-state index contributed by atoms with van der Waals surface area (Å²) in [4.78, 5) is 21.2. The minimum absolute atomic E-state index is 0.246. The molecule has 0 aromatic heterocycles. The molecule has 0 bridgehead atoms. The maximum Gasteiger partial charge on any atom is 0.488 e. The van der Waals surface area contributed by atoms with Crippen molar-refractivity contribution in [2.75, 3.05) is 6.54 Å². The first-order chi connectivity index (χ1) is 14.6. The Morgan fingerprint density at radius 3 is 1.88 bits per heavy atom. The van der Waals surface area contributed by atoms with Crippen LogP contribution in [0.5, 0.6) is 0 Å². The maximum atomic E-state index is 13.2. The predicted octanol–water partition coefficient (Wildman–Crippen LogP) is -2.89. The fourth-order valence-corrected chi connectivity index (χ4v) is 3.97. The van der Waals surface area contributed by atoms with Gasteiger partial charge in [0.05, 0.1) is 21.9 Å². The summed E-state index contributed by atoms with van der Waals surface area (Å²) in [5.74, 6) is -1.96. The van der Waals surface area contributed by atoms with Crippen molar-refractivity contribution in [3.8, 4) is 0 Å². The zero-order valence-electron chi connectivity index (χ0n) is 15.9. The molecule has 0 fully saturated rings. The van der Waals surface area contributed by atoms with E-state index < -0.39 is 80.5 Å². The van der Waals surface area contributed by atoms with Gasteiger partial charge in [-0.1, -0.05) is 6.07 Å². The van der Waals surface area contributed by atoms with Gasteiger partial charge in [-0.3, -0.25) is 9.59 Å². The van der Waals surface area contributed by atoms with Crippen LogP contribution in [-0.4, -0.2) is 61.1 Å². The topological polar surface area (TPSA) is 187 Å². The van der Waals surface area contributed by atoms with E-state index in [9.17, 15) is 51.3 Å². The number of nitrogens with two attached hydrogens (primary N) is 1. The van der Waals surface area contributed by atoms with Crippen molar-refractivity contribution in [1.82, 2.24) is 5.32 Å². The molecule has 0 saturated carbocycles. The molecule has 0 aliphatic carbocycles. The Morgan fingerprint density at radius 2 is 1.41 bits per heavy atom. The van der Waals surface area contributed by atoms with Gasteiger partial charge in [-0.05, 0) is 41.3 Å². The zero-order valence-corrected chi connectivity index (χ0v) is 16.7. The quantitative estimate of drug-likeness (QED) is 0.231. The number of hydrogen-bond donors (Lipinski definition) is 6. The molecule has 10 nitrogen and oxygen atoms in total. The van der Waals surface area contributed by atoms with Gasteiger partial charge in [0.2, 0.25) is 15.7 Å². The number of rotatable bonds is 7. The fraction of sp³-hybridized carbons (Fsp3) is 0.125. The van der Waals surface area contributed by atoms with Crippen LogP contribution >= 0.6 is 0 Å². The maximum absolute atomic E-state index is 13.2. The number of primary amides is 1. The van der Waals surface area contributed by atoms with E-state index >= 15 is 0 Å². The molecule has 0 aliphatic rings. The van der Waals surface area contributed by atoms with E-state index in [4.69, 9.17) is 5.73 Å². The van der Waals surface area contributed by atoms with Crippen molar-refractivity contribution in [3.63, 3.8) is 0 Å². The monoisotopic (exact) mass is 474 g/mol. The highest BCUT2D eigenvalue weighted by atomic mass is 32.2. The lowest BCUT2D eigenvalue weighted by molar-refractivity contribution is -0.137. The normalized spacial score (nSPS) is 11.7. The van der Waals surface area contributed by atoms with Crippen molar-refractivity contribution in [1.29, 1.82) is 0 Å². The summed E-state index contributed by atoms with van der Waals surface area (Å²) in [5, 5.41) is 39.4. The van der Waals surface area contributed by atoms with Crippen LogP contribution in [0.15, 0.2) is 46.2 Å². The lowest BCUT2D eigenvalue weighted by atomic mass is 9.79. The molecule has 16 heteroatoms. The van der Waals surface area contributed by atoms with Crippen molar-refractivity contribution < 1.29 is 51.3 Å². The second-order valence-corrected chi connectivity index (χ2v) is 8.43. The average Bonchev–Trinajstić information content (AvgIpc) is 2.70. The smallest absolute Gasteiger partial charge is 0.423 e. The molecule has 0 spiro atoms.